The summed E-state index contributed by atoms with van der Waals surface area (Å²) in [6, 6.07) is -0.0283. The lowest BCUT2D eigenvalue weighted by Crippen LogP contribution is -2.42. The highest BCUT2D eigenvalue weighted by molar-refractivity contribution is 5.79. The highest BCUT2D eigenvalue weighted by Crippen LogP contribution is 2.26. The predicted octanol–water partition coefficient (Wildman–Crippen LogP) is 0.954. The van der Waals surface area contributed by atoms with Crippen molar-refractivity contribution in [3.05, 3.63) is 0 Å². The average Bonchev–Trinajstić information content (AvgIpc) is 2.82. The molecule has 1 rings (SSSR count). The Morgan fingerprint density at radius 2 is 2.10 bits per heavy atom. The second-order valence-electron chi connectivity index (χ2n) is 6.60. The van der Waals surface area contributed by atoms with E-state index in [0.29, 0.717) is 19.6 Å². The molecule has 0 aromatic heterocycles. The molecule has 2 unspecified atom stereocenters. The lowest BCUT2D eigenvalue weighted by molar-refractivity contribution is -0.135. The zero-order valence-electron chi connectivity index (χ0n) is 12.9. The van der Waals surface area contributed by atoms with Crippen molar-refractivity contribution in [3.63, 3.8) is 0 Å². The summed E-state index contributed by atoms with van der Waals surface area (Å²) in [4.78, 5) is 25.4. The van der Waals surface area contributed by atoms with Crippen molar-refractivity contribution in [2.24, 2.45) is 17.1 Å². The molecule has 2 atom stereocenters. The summed E-state index contributed by atoms with van der Waals surface area (Å²) >= 11 is 0. The molecule has 1 saturated heterocycles. The second-order valence-corrected chi connectivity index (χ2v) is 6.60. The van der Waals surface area contributed by atoms with Gasteiger partial charge < -0.3 is 20.7 Å². The van der Waals surface area contributed by atoms with Crippen LogP contribution in [0.1, 0.15) is 33.6 Å². The van der Waals surface area contributed by atoms with Gasteiger partial charge in [0.15, 0.2) is 0 Å². The van der Waals surface area contributed by atoms with Gasteiger partial charge in [0.25, 0.3) is 0 Å². The molecule has 0 spiro atoms. The standard InChI is InChI=1S/C14H27N3O3/c1-14(2,3)7-10(8-15)12(18)17-6-5-11(9-17)16-13(19)20-4/h10-11H,5-9,15H2,1-4H3,(H,16,19). The number of methoxy groups -OCH3 is 1. The van der Waals surface area contributed by atoms with Crippen LogP contribution in [-0.2, 0) is 9.53 Å². The summed E-state index contributed by atoms with van der Waals surface area (Å²) in [7, 11) is 1.33. The summed E-state index contributed by atoms with van der Waals surface area (Å²) in [5.74, 6) is -0.0523. The van der Waals surface area contributed by atoms with Crippen LogP contribution in [0.25, 0.3) is 0 Å². The van der Waals surface area contributed by atoms with E-state index in [1.165, 1.54) is 7.11 Å². The number of likely N-dealkylation sites (tertiary alicyclic amines) is 1. The Bertz CT molecular complexity index is 352. The quantitative estimate of drug-likeness (QED) is 0.805. The first-order valence-electron chi connectivity index (χ1n) is 7.10. The summed E-state index contributed by atoms with van der Waals surface area (Å²) in [5, 5.41) is 2.73. The van der Waals surface area contributed by atoms with E-state index in [1.54, 1.807) is 4.90 Å². The molecule has 20 heavy (non-hydrogen) atoms. The first-order chi connectivity index (χ1) is 9.26. The van der Waals surface area contributed by atoms with E-state index in [9.17, 15) is 9.59 Å². The molecule has 0 radical (unpaired) electrons. The van der Waals surface area contributed by atoms with Crippen LogP contribution in [0.4, 0.5) is 4.79 Å². The van der Waals surface area contributed by atoms with Gasteiger partial charge in [0.2, 0.25) is 5.91 Å². The number of nitrogens with two attached hydrogens (primary N) is 1. The molecule has 3 N–H and O–H groups in total. The number of carbonyl (C=O) groups is 2. The van der Waals surface area contributed by atoms with Gasteiger partial charge in [-0.25, -0.2) is 4.79 Å². The predicted molar refractivity (Wildman–Crippen MR) is 77.1 cm³/mol. The van der Waals surface area contributed by atoms with Crippen LogP contribution >= 0.6 is 0 Å². The fraction of sp³-hybridized carbons (Fsp3) is 0.857. The molecule has 0 aromatic carbocycles. The monoisotopic (exact) mass is 285 g/mol. The van der Waals surface area contributed by atoms with Crippen LogP contribution in [0.3, 0.4) is 0 Å². The number of nitrogens with zero attached hydrogens (tertiary/aromatic N) is 1. The molecule has 116 valence electrons. The smallest absolute Gasteiger partial charge is 0.407 e. The molecule has 0 bridgehead atoms. The van der Waals surface area contributed by atoms with Crippen LogP contribution in [0.15, 0.2) is 0 Å². The van der Waals surface area contributed by atoms with E-state index in [-0.39, 0.29) is 23.3 Å². The van der Waals surface area contributed by atoms with Crippen LogP contribution < -0.4 is 11.1 Å². The maximum atomic E-state index is 12.5. The Kier molecular flexibility index (Phi) is 5.80. The van der Waals surface area contributed by atoms with Crippen molar-refractivity contribution in [1.82, 2.24) is 10.2 Å². The van der Waals surface area contributed by atoms with Crippen LogP contribution in [0, 0.1) is 11.3 Å². The lowest BCUT2D eigenvalue weighted by atomic mass is 9.84. The highest BCUT2D eigenvalue weighted by atomic mass is 16.5. The van der Waals surface area contributed by atoms with Crippen molar-refractivity contribution in [3.8, 4) is 0 Å². The van der Waals surface area contributed by atoms with Gasteiger partial charge in [0.05, 0.1) is 19.1 Å². The zero-order valence-corrected chi connectivity index (χ0v) is 12.9. The number of carbonyl (C=O) groups excluding carboxylic acids is 2. The summed E-state index contributed by atoms with van der Waals surface area (Å²) in [6.45, 7) is 7.88. The Hall–Kier alpha value is -1.30. The molecule has 0 aliphatic carbocycles. The Morgan fingerprint density at radius 1 is 1.45 bits per heavy atom. The molecule has 2 amide bonds. The highest BCUT2D eigenvalue weighted by Gasteiger charge is 2.32. The van der Waals surface area contributed by atoms with Crippen molar-refractivity contribution in [2.75, 3.05) is 26.7 Å². The topological polar surface area (TPSA) is 84.7 Å². The lowest BCUT2D eigenvalue weighted by Gasteiger charge is -2.28. The van der Waals surface area contributed by atoms with Gasteiger partial charge in [-0.05, 0) is 18.3 Å². The zero-order chi connectivity index (χ0) is 15.3. The minimum absolute atomic E-state index is 0.0283. The van der Waals surface area contributed by atoms with Gasteiger partial charge in [0.1, 0.15) is 0 Å². The number of alkyl carbamates (subject to hydrolysis) is 1. The number of amides is 2. The van der Waals surface area contributed by atoms with E-state index >= 15 is 0 Å². The summed E-state index contributed by atoms with van der Waals surface area (Å²) in [5.41, 5.74) is 5.82. The first-order valence-corrected chi connectivity index (χ1v) is 7.10. The Morgan fingerprint density at radius 3 is 2.60 bits per heavy atom. The molecule has 0 aromatic rings. The second kappa shape index (κ2) is 6.92. The largest absolute Gasteiger partial charge is 0.453 e. The van der Waals surface area contributed by atoms with E-state index in [0.717, 1.165) is 12.8 Å². The maximum Gasteiger partial charge on any atom is 0.407 e. The number of ether oxygens (including phenoxy) is 1. The summed E-state index contributed by atoms with van der Waals surface area (Å²) in [6.07, 6.45) is 1.08. The maximum absolute atomic E-state index is 12.5. The SMILES string of the molecule is COC(=O)NC1CCN(C(=O)C(CN)CC(C)(C)C)C1. The first kappa shape index (κ1) is 16.8. The van der Waals surface area contributed by atoms with Gasteiger partial charge in [-0.1, -0.05) is 20.8 Å². The molecule has 0 saturated carbocycles. The van der Waals surface area contributed by atoms with Crippen molar-refractivity contribution < 1.29 is 14.3 Å². The molecule has 6 heteroatoms. The van der Waals surface area contributed by atoms with E-state index in [2.05, 4.69) is 30.8 Å². The van der Waals surface area contributed by atoms with Crippen LogP contribution in [0.2, 0.25) is 0 Å². The minimum Gasteiger partial charge on any atom is -0.453 e. The Balaban J connectivity index is 2.53. The number of rotatable bonds is 4. The van der Waals surface area contributed by atoms with Gasteiger partial charge in [-0.2, -0.15) is 0 Å². The number of hydrogen-bond acceptors (Lipinski definition) is 4. The van der Waals surface area contributed by atoms with Gasteiger partial charge in [-0.3, -0.25) is 4.79 Å². The molecular formula is C14H27N3O3. The van der Waals surface area contributed by atoms with Crippen LogP contribution in [-0.4, -0.2) is 49.7 Å². The van der Waals surface area contributed by atoms with E-state index in [1.807, 2.05) is 0 Å². The fourth-order valence-corrected chi connectivity index (χ4v) is 2.57. The van der Waals surface area contributed by atoms with Gasteiger partial charge in [-0.15, -0.1) is 0 Å². The molecular weight excluding hydrogens is 258 g/mol. The molecule has 6 nitrogen and oxygen atoms in total. The third-order valence-electron chi connectivity index (χ3n) is 3.50. The normalized spacial score (nSPS) is 20.6. The van der Waals surface area contributed by atoms with E-state index < -0.39 is 6.09 Å². The Labute approximate surface area is 121 Å². The van der Waals surface area contributed by atoms with E-state index in [4.69, 9.17) is 5.73 Å². The minimum atomic E-state index is -0.450. The third kappa shape index (κ3) is 5.00. The average molecular weight is 285 g/mol. The van der Waals surface area contributed by atoms with Crippen LogP contribution in [0.5, 0.6) is 0 Å². The molecule has 1 aliphatic rings. The molecule has 1 fully saturated rings. The fourth-order valence-electron chi connectivity index (χ4n) is 2.57. The van der Waals surface area contributed by atoms with Crippen molar-refractivity contribution in [1.29, 1.82) is 0 Å². The summed E-state index contributed by atoms with van der Waals surface area (Å²) < 4.78 is 4.57. The molecule has 1 aliphatic heterocycles. The van der Waals surface area contributed by atoms with Crippen molar-refractivity contribution >= 4 is 12.0 Å². The third-order valence-corrected chi connectivity index (χ3v) is 3.50. The van der Waals surface area contributed by atoms with Gasteiger partial charge in [0, 0.05) is 19.6 Å². The molecule has 1 heterocycles. The van der Waals surface area contributed by atoms with Gasteiger partial charge >= 0.3 is 6.09 Å². The van der Waals surface area contributed by atoms with Crippen molar-refractivity contribution in [2.45, 2.75) is 39.7 Å². The number of nitrogens with one attached hydrogen (secondary N) is 1. The number of hydrogen-bond donors (Lipinski definition) is 2.